The summed E-state index contributed by atoms with van der Waals surface area (Å²) in [6.07, 6.45) is 8.32. The predicted octanol–water partition coefficient (Wildman–Crippen LogP) is 3.85. The summed E-state index contributed by atoms with van der Waals surface area (Å²) in [5.74, 6) is 0. The van der Waals surface area contributed by atoms with Crippen molar-refractivity contribution in [2.24, 2.45) is 0 Å². The second kappa shape index (κ2) is 4.85. The quantitative estimate of drug-likeness (QED) is 0.736. The number of benzene rings is 1. The largest absolute Gasteiger partial charge is 0.350 e. The summed E-state index contributed by atoms with van der Waals surface area (Å²) < 4.78 is 2.12. The highest BCUT2D eigenvalue weighted by Crippen LogP contribution is 2.10. The van der Waals surface area contributed by atoms with Crippen LogP contribution in [0.2, 0.25) is 5.02 Å². The second-order valence-electron chi connectivity index (χ2n) is 3.33. The van der Waals surface area contributed by atoms with Crippen LogP contribution in [0.25, 0.3) is 6.08 Å². The van der Waals surface area contributed by atoms with E-state index in [4.69, 9.17) is 11.6 Å². The minimum atomic E-state index is 0.776. The molecule has 0 aliphatic carbocycles. The number of hydrogen-bond acceptors (Lipinski definition) is 0. The number of rotatable bonds is 3. The van der Waals surface area contributed by atoms with E-state index in [1.54, 1.807) is 0 Å². The molecule has 0 saturated carbocycles. The molecule has 76 valence electrons. The van der Waals surface area contributed by atoms with Gasteiger partial charge in [-0.15, -0.1) is 0 Å². The molecule has 0 unspecified atom stereocenters. The third-order valence-corrected chi connectivity index (χ3v) is 2.41. The molecule has 0 N–H and O–H groups in total. The Morgan fingerprint density at radius 3 is 2.40 bits per heavy atom. The van der Waals surface area contributed by atoms with Crippen LogP contribution in [0.15, 0.2) is 54.9 Å². The number of hydrogen-bond donors (Lipinski definition) is 0. The Labute approximate surface area is 94.6 Å². The summed E-state index contributed by atoms with van der Waals surface area (Å²) >= 11 is 5.80. The van der Waals surface area contributed by atoms with Crippen LogP contribution in [0.4, 0.5) is 0 Å². The SMILES string of the molecule is Clc1ccc(/C=C/Cn2cccc2)cc1. The molecule has 1 nitrogen and oxygen atoms in total. The Balaban J connectivity index is 1.97. The summed E-state index contributed by atoms with van der Waals surface area (Å²) in [6, 6.07) is 11.9. The molecule has 2 rings (SSSR count). The first kappa shape index (κ1) is 10.1. The van der Waals surface area contributed by atoms with Crippen molar-refractivity contribution in [2.75, 3.05) is 0 Å². The molecule has 2 aromatic rings. The van der Waals surface area contributed by atoms with Crippen molar-refractivity contribution in [2.45, 2.75) is 6.54 Å². The Kier molecular flexibility index (Phi) is 3.25. The number of halogens is 1. The summed E-state index contributed by atoms with van der Waals surface area (Å²) in [5, 5.41) is 0.776. The van der Waals surface area contributed by atoms with Crippen LogP contribution in [0.5, 0.6) is 0 Å². The topological polar surface area (TPSA) is 4.93 Å². The highest BCUT2D eigenvalue weighted by Gasteiger charge is 1.87. The molecule has 2 heteroatoms. The molecule has 0 saturated heterocycles. The van der Waals surface area contributed by atoms with E-state index in [2.05, 4.69) is 16.7 Å². The van der Waals surface area contributed by atoms with Crippen molar-refractivity contribution < 1.29 is 0 Å². The maximum Gasteiger partial charge on any atom is 0.0406 e. The normalized spacial score (nSPS) is 11.0. The lowest BCUT2D eigenvalue weighted by Gasteiger charge is -1.96. The van der Waals surface area contributed by atoms with Crippen LogP contribution in [0.3, 0.4) is 0 Å². The van der Waals surface area contributed by atoms with Crippen LogP contribution in [-0.2, 0) is 6.54 Å². The van der Waals surface area contributed by atoms with Crippen molar-refractivity contribution in [1.29, 1.82) is 0 Å². The minimum Gasteiger partial charge on any atom is -0.350 e. The first-order valence-electron chi connectivity index (χ1n) is 4.87. The maximum atomic E-state index is 5.80. The summed E-state index contributed by atoms with van der Waals surface area (Å²) in [7, 11) is 0. The van der Waals surface area contributed by atoms with E-state index >= 15 is 0 Å². The van der Waals surface area contributed by atoms with Gasteiger partial charge >= 0.3 is 0 Å². The Hall–Kier alpha value is -1.47. The zero-order chi connectivity index (χ0) is 10.5. The van der Waals surface area contributed by atoms with Gasteiger partial charge in [0.1, 0.15) is 0 Å². The van der Waals surface area contributed by atoms with Crippen LogP contribution in [0, 0.1) is 0 Å². The molecule has 0 fully saturated rings. The fraction of sp³-hybridized carbons (Fsp3) is 0.0769. The van der Waals surface area contributed by atoms with Gasteiger partial charge in [0, 0.05) is 24.0 Å². The van der Waals surface area contributed by atoms with Crippen LogP contribution < -0.4 is 0 Å². The first-order valence-corrected chi connectivity index (χ1v) is 5.25. The van der Waals surface area contributed by atoms with Gasteiger partial charge in [0.05, 0.1) is 0 Å². The van der Waals surface area contributed by atoms with Gasteiger partial charge < -0.3 is 4.57 Å². The van der Waals surface area contributed by atoms with Gasteiger partial charge in [-0.25, -0.2) is 0 Å². The van der Waals surface area contributed by atoms with Crippen molar-refractivity contribution in [3.05, 3.63) is 65.5 Å². The fourth-order valence-corrected chi connectivity index (χ4v) is 1.50. The van der Waals surface area contributed by atoms with Gasteiger partial charge in [-0.2, -0.15) is 0 Å². The van der Waals surface area contributed by atoms with E-state index in [1.807, 2.05) is 48.8 Å². The van der Waals surface area contributed by atoms with E-state index in [0.29, 0.717) is 0 Å². The summed E-state index contributed by atoms with van der Waals surface area (Å²) in [5.41, 5.74) is 1.17. The molecular formula is C13H12ClN. The lowest BCUT2D eigenvalue weighted by molar-refractivity contribution is 0.833. The molecular weight excluding hydrogens is 206 g/mol. The monoisotopic (exact) mass is 217 g/mol. The van der Waals surface area contributed by atoms with Crippen LogP contribution >= 0.6 is 11.6 Å². The average Bonchev–Trinajstić information content (AvgIpc) is 2.74. The van der Waals surface area contributed by atoms with E-state index in [0.717, 1.165) is 11.6 Å². The molecule has 1 aromatic carbocycles. The molecule has 0 atom stereocenters. The van der Waals surface area contributed by atoms with E-state index in [-0.39, 0.29) is 0 Å². The first-order chi connectivity index (χ1) is 7.34. The van der Waals surface area contributed by atoms with E-state index < -0.39 is 0 Å². The molecule has 0 amide bonds. The highest BCUT2D eigenvalue weighted by molar-refractivity contribution is 6.30. The van der Waals surface area contributed by atoms with Gasteiger partial charge in [-0.3, -0.25) is 0 Å². The summed E-state index contributed by atoms with van der Waals surface area (Å²) in [4.78, 5) is 0. The molecule has 0 aliphatic heterocycles. The smallest absolute Gasteiger partial charge is 0.0406 e. The molecule has 0 spiro atoms. The van der Waals surface area contributed by atoms with Gasteiger partial charge in [0.15, 0.2) is 0 Å². The lowest BCUT2D eigenvalue weighted by atomic mass is 10.2. The standard InChI is InChI=1S/C13H12ClN/c14-13-7-5-12(6-8-13)4-3-11-15-9-1-2-10-15/h1-10H,11H2/b4-3+. The zero-order valence-corrected chi connectivity index (χ0v) is 9.06. The van der Waals surface area contributed by atoms with E-state index in [9.17, 15) is 0 Å². The number of nitrogens with zero attached hydrogens (tertiary/aromatic N) is 1. The van der Waals surface area contributed by atoms with Gasteiger partial charge in [-0.05, 0) is 29.8 Å². The molecule has 0 bridgehead atoms. The summed E-state index contributed by atoms with van der Waals surface area (Å²) in [6.45, 7) is 0.898. The number of aromatic nitrogens is 1. The Morgan fingerprint density at radius 1 is 1.07 bits per heavy atom. The van der Waals surface area contributed by atoms with Gasteiger partial charge in [0.25, 0.3) is 0 Å². The van der Waals surface area contributed by atoms with Crippen molar-refractivity contribution in [3.8, 4) is 0 Å². The Morgan fingerprint density at radius 2 is 1.73 bits per heavy atom. The third kappa shape index (κ3) is 3.00. The molecule has 1 heterocycles. The minimum absolute atomic E-state index is 0.776. The zero-order valence-electron chi connectivity index (χ0n) is 8.31. The average molecular weight is 218 g/mol. The Bertz CT molecular complexity index is 426. The number of allylic oxidation sites excluding steroid dienone is 1. The van der Waals surface area contributed by atoms with Crippen molar-refractivity contribution in [1.82, 2.24) is 4.57 Å². The molecule has 0 radical (unpaired) electrons. The van der Waals surface area contributed by atoms with E-state index in [1.165, 1.54) is 5.56 Å². The fourth-order valence-electron chi connectivity index (χ4n) is 1.38. The lowest BCUT2D eigenvalue weighted by Crippen LogP contribution is -1.88. The van der Waals surface area contributed by atoms with Crippen molar-refractivity contribution in [3.63, 3.8) is 0 Å². The molecule has 1 aromatic heterocycles. The maximum absolute atomic E-state index is 5.80. The van der Waals surface area contributed by atoms with Crippen LogP contribution in [-0.4, -0.2) is 4.57 Å². The van der Waals surface area contributed by atoms with Gasteiger partial charge in [-0.1, -0.05) is 35.9 Å². The molecule has 0 aliphatic rings. The second-order valence-corrected chi connectivity index (χ2v) is 3.77. The molecule has 15 heavy (non-hydrogen) atoms. The third-order valence-electron chi connectivity index (χ3n) is 2.16. The highest BCUT2D eigenvalue weighted by atomic mass is 35.5. The van der Waals surface area contributed by atoms with Crippen molar-refractivity contribution >= 4 is 17.7 Å². The van der Waals surface area contributed by atoms with Gasteiger partial charge in [0.2, 0.25) is 0 Å². The predicted molar refractivity (Wildman–Crippen MR) is 64.9 cm³/mol. The van der Waals surface area contributed by atoms with Crippen LogP contribution in [0.1, 0.15) is 5.56 Å².